The van der Waals surface area contributed by atoms with Crippen molar-refractivity contribution in [2.24, 2.45) is 0 Å². The fourth-order valence-electron chi connectivity index (χ4n) is 2.89. The molecular weight excluding hydrogens is 350 g/mol. The van der Waals surface area contributed by atoms with E-state index in [4.69, 9.17) is 0 Å². The minimum atomic E-state index is -0.0526. The van der Waals surface area contributed by atoms with Gasteiger partial charge in [-0.2, -0.15) is 5.10 Å². The monoisotopic (exact) mass is 369 g/mol. The summed E-state index contributed by atoms with van der Waals surface area (Å²) in [7, 11) is 0. The van der Waals surface area contributed by atoms with Gasteiger partial charge in [-0.15, -0.1) is 11.3 Å². The van der Waals surface area contributed by atoms with Crippen molar-refractivity contribution in [2.45, 2.75) is 6.92 Å². The molecule has 0 atom stereocenters. The van der Waals surface area contributed by atoms with Gasteiger partial charge in [-0.1, -0.05) is 0 Å². The molecule has 2 amide bonds. The first-order valence-corrected chi connectivity index (χ1v) is 9.27. The normalized spacial score (nSPS) is 14.5. The standard InChI is InChI=1S/C17H19N7OS/c1-13-19-14(12-15(20-13)24-6-3-5-18-24)22-7-9-23(10-8-22)17(25)21-16-4-2-11-26-16/h2-6,11-12H,7-10H2,1H3,(H,21,25). The van der Waals surface area contributed by atoms with Gasteiger partial charge in [0, 0.05) is 44.6 Å². The second kappa shape index (κ2) is 7.12. The van der Waals surface area contributed by atoms with Crippen LogP contribution in [0.25, 0.3) is 5.82 Å². The highest BCUT2D eigenvalue weighted by atomic mass is 32.1. The number of anilines is 2. The number of carbonyl (C=O) groups is 1. The van der Waals surface area contributed by atoms with Crippen LogP contribution in [0.5, 0.6) is 0 Å². The van der Waals surface area contributed by atoms with Gasteiger partial charge in [0.15, 0.2) is 5.82 Å². The molecule has 0 spiro atoms. The van der Waals surface area contributed by atoms with Gasteiger partial charge in [-0.25, -0.2) is 19.4 Å². The number of carbonyl (C=O) groups excluding carboxylic acids is 1. The number of aryl methyl sites for hydroxylation is 1. The molecule has 3 aromatic heterocycles. The fraction of sp³-hybridized carbons (Fsp3) is 0.294. The van der Waals surface area contributed by atoms with Crippen LogP contribution in [0, 0.1) is 6.92 Å². The number of piperazine rings is 1. The molecule has 9 heteroatoms. The van der Waals surface area contributed by atoms with Crippen LogP contribution < -0.4 is 10.2 Å². The minimum absolute atomic E-state index is 0.0526. The average Bonchev–Trinajstić information content (AvgIpc) is 3.35. The molecule has 4 rings (SSSR count). The summed E-state index contributed by atoms with van der Waals surface area (Å²) in [4.78, 5) is 25.3. The molecule has 1 N–H and O–H groups in total. The van der Waals surface area contributed by atoms with Crippen LogP contribution in [-0.4, -0.2) is 56.9 Å². The van der Waals surface area contributed by atoms with Crippen LogP contribution in [0.3, 0.4) is 0 Å². The van der Waals surface area contributed by atoms with Crippen LogP contribution >= 0.6 is 11.3 Å². The Morgan fingerprint density at radius 2 is 1.96 bits per heavy atom. The molecule has 4 heterocycles. The number of hydrogen-bond acceptors (Lipinski definition) is 6. The third-order valence-electron chi connectivity index (χ3n) is 4.19. The molecule has 1 saturated heterocycles. The molecule has 0 saturated carbocycles. The summed E-state index contributed by atoms with van der Waals surface area (Å²) in [6.45, 7) is 4.63. The molecule has 0 bridgehead atoms. The Morgan fingerprint density at radius 1 is 1.15 bits per heavy atom. The van der Waals surface area contributed by atoms with E-state index in [1.165, 1.54) is 11.3 Å². The summed E-state index contributed by atoms with van der Waals surface area (Å²) in [5, 5.41) is 9.98. The Morgan fingerprint density at radius 3 is 2.65 bits per heavy atom. The zero-order valence-corrected chi connectivity index (χ0v) is 15.2. The number of nitrogens with zero attached hydrogens (tertiary/aromatic N) is 6. The Bertz CT molecular complexity index is 871. The van der Waals surface area contributed by atoms with E-state index in [0.29, 0.717) is 18.9 Å². The van der Waals surface area contributed by atoms with E-state index < -0.39 is 0 Å². The summed E-state index contributed by atoms with van der Waals surface area (Å²) in [5.74, 6) is 2.31. The molecule has 1 aliphatic rings. The number of thiophene rings is 1. The van der Waals surface area contributed by atoms with Crippen LogP contribution in [0.4, 0.5) is 15.6 Å². The topological polar surface area (TPSA) is 79.2 Å². The Balaban J connectivity index is 1.42. The van der Waals surface area contributed by atoms with Gasteiger partial charge in [0.25, 0.3) is 0 Å². The fourth-order valence-corrected chi connectivity index (χ4v) is 3.50. The number of urea groups is 1. The highest BCUT2D eigenvalue weighted by molar-refractivity contribution is 7.14. The molecule has 0 unspecified atom stereocenters. The second-order valence-electron chi connectivity index (χ2n) is 5.96. The Labute approximate surface area is 155 Å². The van der Waals surface area contributed by atoms with Crippen molar-refractivity contribution in [3.63, 3.8) is 0 Å². The van der Waals surface area contributed by atoms with Crippen molar-refractivity contribution in [3.8, 4) is 5.82 Å². The molecule has 1 aliphatic heterocycles. The third-order valence-corrected chi connectivity index (χ3v) is 4.98. The summed E-state index contributed by atoms with van der Waals surface area (Å²) in [5.41, 5.74) is 0. The van der Waals surface area contributed by atoms with Crippen molar-refractivity contribution in [1.82, 2.24) is 24.6 Å². The van der Waals surface area contributed by atoms with Crippen molar-refractivity contribution in [2.75, 3.05) is 36.4 Å². The quantitative estimate of drug-likeness (QED) is 0.767. The Hall–Kier alpha value is -2.94. The number of hydrogen-bond donors (Lipinski definition) is 1. The highest BCUT2D eigenvalue weighted by Gasteiger charge is 2.23. The first kappa shape index (κ1) is 16.5. The van der Waals surface area contributed by atoms with Gasteiger partial charge in [0.05, 0.1) is 5.00 Å². The van der Waals surface area contributed by atoms with Crippen molar-refractivity contribution >= 4 is 28.2 Å². The zero-order chi connectivity index (χ0) is 17.9. The lowest BCUT2D eigenvalue weighted by atomic mass is 10.3. The molecular formula is C17H19N7OS. The summed E-state index contributed by atoms with van der Waals surface area (Å²) >= 11 is 1.52. The van der Waals surface area contributed by atoms with Gasteiger partial charge < -0.3 is 9.80 Å². The largest absolute Gasteiger partial charge is 0.353 e. The summed E-state index contributed by atoms with van der Waals surface area (Å²) in [6, 6.07) is 7.57. The van der Waals surface area contributed by atoms with E-state index in [2.05, 4.69) is 25.3 Å². The summed E-state index contributed by atoms with van der Waals surface area (Å²) in [6.07, 6.45) is 3.58. The van der Waals surface area contributed by atoms with Crippen molar-refractivity contribution in [1.29, 1.82) is 0 Å². The SMILES string of the molecule is Cc1nc(N2CCN(C(=O)Nc3cccs3)CC2)cc(-n2cccn2)n1. The van der Waals surface area contributed by atoms with E-state index in [-0.39, 0.29) is 6.03 Å². The molecule has 1 fully saturated rings. The number of nitrogens with one attached hydrogen (secondary N) is 1. The molecule has 0 radical (unpaired) electrons. The highest BCUT2D eigenvalue weighted by Crippen LogP contribution is 2.19. The van der Waals surface area contributed by atoms with E-state index in [9.17, 15) is 4.79 Å². The maximum atomic E-state index is 12.3. The molecule has 0 aliphatic carbocycles. The maximum Gasteiger partial charge on any atom is 0.322 e. The smallest absolute Gasteiger partial charge is 0.322 e. The van der Waals surface area contributed by atoms with E-state index in [0.717, 1.165) is 29.7 Å². The third kappa shape index (κ3) is 3.52. The minimum Gasteiger partial charge on any atom is -0.353 e. The molecule has 0 aromatic carbocycles. The van der Waals surface area contributed by atoms with E-state index in [1.807, 2.05) is 47.7 Å². The lowest BCUT2D eigenvalue weighted by molar-refractivity contribution is 0.208. The number of rotatable bonds is 3. The van der Waals surface area contributed by atoms with E-state index in [1.54, 1.807) is 10.9 Å². The second-order valence-corrected chi connectivity index (χ2v) is 6.91. The first-order valence-electron chi connectivity index (χ1n) is 8.39. The first-order chi connectivity index (χ1) is 12.7. The molecule has 8 nitrogen and oxygen atoms in total. The van der Waals surface area contributed by atoms with Gasteiger partial charge >= 0.3 is 6.03 Å². The molecule has 3 aromatic rings. The average molecular weight is 369 g/mol. The van der Waals surface area contributed by atoms with E-state index >= 15 is 0 Å². The van der Waals surface area contributed by atoms with Crippen LogP contribution in [0.2, 0.25) is 0 Å². The summed E-state index contributed by atoms with van der Waals surface area (Å²) < 4.78 is 1.73. The van der Waals surface area contributed by atoms with Gasteiger partial charge in [-0.05, 0) is 30.5 Å². The predicted octanol–water partition coefficient (Wildman–Crippen LogP) is 2.39. The van der Waals surface area contributed by atoms with Crippen molar-refractivity contribution in [3.05, 3.63) is 47.9 Å². The van der Waals surface area contributed by atoms with Crippen LogP contribution in [-0.2, 0) is 0 Å². The lowest BCUT2D eigenvalue weighted by Gasteiger charge is -2.35. The number of amides is 2. The molecule has 134 valence electrons. The molecule has 26 heavy (non-hydrogen) atoms. The zero-order valence-electron chi connectivity index (χ0n) is 14.4. The van der Waals surface area contributed by atoms with Gasteiger partial charge in [-0.3, -0.25) is 5.32 Å². The van der Waals surface area contributed by atoms with Gasteiger partial charge in [0.2, 0.25) is 0 Å². The predicted molar refractivity (Wildman–Crippen MR) is 101 cm³/mol. The lowest BCUT2D eigenvalue weighted by Crippen LogP contribution is -2.50. The number of aromatic nitrogens is 4. The van der Waals surface area contributed by atoms with Gasteiger partial charge in [0.1, 0.15) is 11.6 Å². The van der Waals surface area contributed by atoms with Crippen LogP contribution in [0.1, 0.15) is 5.82 Å². The maximum absolute atomic E-state index is 12.3. The van der Waals surface area contributed by atoms with Crippen molar-refractivity contribution < 1.29 is 4.79 Å². The van der Waals surface area contributed by atoms with Crippen LogP contribution in [0.15, 0.2) is 42.0 Å². The Kier molecular flexibility index (Phi) is 4.53.